The second kappa shape index (κ2) is 7.64. The van der Waals surface area contributed by atoms with Crippen molar-refractivity contribution in [3.8, 4) is 0 Å². The summed E-state index contributed by atoms with van der Waals surface area (Å²) >= 11 is 0. The molecule has 2 aromatic carbocycles. The molecule has 7 heteroatoms. The number of hydrogen-bond donors (Lipinski definition) is 2. The van der Waals surface area contributed by atoms with Crippen LogP contribution in [0.3, 0.4) is 0 Å². The van der Waals surface area contributed by atoms with Gasteiger partial charge >= 0.3 is 0 Å². The summed E-state index contributed by atoms with van der Waals surface area (Å²) in [5.41, 5.74) is 2.89. The van der Waals surface area contributed by atoms with Gasteiger partial charge in [0, 0.05) is 12.2 Å². The van der Waals surface area contributed by atoms with Gasteiger partial charge in [-0.2, -0.15) is 5.10 Å². The maximum absolute atomic E-state index is 13.7. The Labute approximate surface area is 161 Å². The van der Waals surface area contributed by atoms with Gasteiger partial charge in [0.2, 0.25) is 5.91 Å². The number of carbonyl (C=O) groups is 2. The molecule has 1 aliphatic carbocycles. The van der Waals surface area contributed by atoms with E-state index in [4.69, 9.17) is 0 Å². The van der Waals surface area contributed by atoms with Gasteiger partial charge in [0.25, 0.3) is 5.91 Å². The smallest absolute Gasteiger partial charge is 0.258 e. The molecule has 28 heavy (non-hydrogen) atoms. The van der Waals surface area contributed by atoms with Gasteiger partial charge < -0.3 is 10.6 Å². The fourth-order valence-corrected chi connectivity index (χ4v) is 3.44. The average molecular weight is 378 g/mol. The number of aromatic nitrogens is 2. The van der Waals surface area contributed by atoms with Crippen LogP contribution in [0.2, 0.25) is 0 Å². The molecule has 0 radical (unpaired) electrons. The summed E-state index contributed by atoms with van der Waals surface area (Å²) < 4.78 is 15.1. The molecule has 1 aliphatic rings. The topological polar surface area (TPSA) is 76.0 Å². The Morgan fingerprint density at radius 3 is 2.46 bits per heavy atom. The van der Waals surface area contributed by atoms with Gasteiger partial charge in [-0.3, -0.25) is 14.3 Å². The van der Waals surface area contributed by atoms with E-state index in [1.807, 2.05) is 12.1 Å². The van der Waals surface area contributed by atoms with Crippen LogP contribution in [0, 0.1) is 5.82 Å². The number of hydrogen-bond acceptors (Lipinski definition) is 3. The molecular formula is C21H19FN4O2. The molecule has 0 unspecified atom stereocenters. The van der Waals surface area contributed by atoms with E-state index < -0.39 is 11.7 Å². The van der Waals surface area contributed by atoms with Gasteiger partial charge in [-0.1, -0.05) is 36.4 Å². The second-order valence-corrected chi connectivity index (χ2v) is 6.80. The van der Waals surface area contributed by atoms with Crippen LogP contribution in [0.5, 0.6) is 0 Å². The predicted octanol–water partition coefficient (Wildman–Crippen LogP) is 2.56. The number of halogens is 1. The zero-order chi connectivity index (χ0) is 19.5. The third-order valence-electron chi connectivity index (χ3n) is 4.73. The van der Waals surface area contributed by atoms with Crippen molar-refractivity contribution in [3.05, 3.63) is 83.4 Å². The Morgan fingerprint density at radius 2 is 1.75 bits per heavy atom. The molecule has 0 spiro atoms. The number of carbonyl (C=O) groups excluding carboxylic acids is 2. The molecule has 0 fully saturated rings. The lowest BCUT2D eigenvalue weighted by molar-refractivity contribution is -0.122. The molecule has 2 amide bonds. The Morgan fingerprint density at radius 1 is 1.07 bits per heavy atom. The van der Waals surface area contributed by atoms with Crippen molar-refractivity contribution in [2.45, 2.75) is 25.4 Å². The molecule has 1 heterocycles. The number of nitrogens with zero attached hydrogens (tertiary/aromatic N) is 2. The van der Waals surface area contributed by atoms with Crippen LogP contribution >= 0.6 is 0 Å². The van der Waals surface area contributed by atoms with Crippen molar-refractivity contribution in [1.82, 2.24) is 15.1 Å². The summed E-state index contributed by atoms with van der Waals surface area (Å²) in [6, 6.07) is 14.0. The Kier molecular flexibility index (Phi) is 4.89. The van der Waals surface area contributed by atoms with Crippen LogP contribution < -0.4 is 10.6 Å². The molecular weight excluding hydrogens is 359 g/mol. The minimum Gasteiger partial charge on any atom is -0.351 e. The average Bonchev–Trinajstić information content (AvgIpc) is 3.27. The number of fused-ring (bicyclic) bond motifs is 1. The van der Waals surface area contributed by atoms with Crippen molar-refractivity contribution in [2.75, 3.05) is 5.32 Å². The highest BCUT2D eigenvalue weighted by molar-refractivity contribution is 6.04. The van der Waals surface area contributed by atoms with Gasteiger partial charge in [0.15, 0.2) is 0 Å². The lowest BCUT2D eigenvalue weighted by Crippen LogP contribution is -2.37. The van der Waals surface area contributed by atoms with E-state index in [2.05, 4.69) is 27.9 Å². The quantitative estimate of drug-likeness (QED) is 0.716. The standard InChI is InChI=1S/C21H19FN4O2/c22-19-8-4-3-7-18(19)21(28)25-17-11-23-26(12-17)13-20(27)24-16-9-14-5-1-2-6-15(14)10-16/h1-8,11-12,16H,9-10,13H2,(H,24,27)(H,25,28). The van der Waals surface area contributed by atoms with Crippen molar-refractivity contribution in [2.24, 2.45) is 0 Å². The first-order chi connectivity index (χ1) is 13.6. The molecule has 1 aromatic heterocycles. The number of nitrogens with one attached hydrogen (secondary N) is 2. The molecule has 0 saturated carbocycles. The Balaban J connectivity index is 1.32. The summed E-state index contributed by atoms with van der Waals surface area (Å²) in [5, 5.41) is 9.69. The fraction of sp³-hybridized carbons (Fsp3) is 0.190. The van der Waals surface area contributed by atoms with Crippen molar-refractivity contribution in [3.63, 3.8) is 0 Å². The maximum atomic E-state index is 13.7. The zero-order valence-corrected chi connectivity index (χ0v) is 15.1. The Hall–Kier alpha value is -3.48. The van der Waals surface area contributed by atoms with Crippen LogP contribution in [0.15, 0.2) is 60.9 Å². The third kappa shape index (κ3) is 3.93. The first kappa shape index (κ1) is 17.9. The number of benzene rings is 2. The van der Waals surface area contributed by atoms with E-state index in [0.717, 1.165) is 12.8 Å². The van der Waals surface area contributed by atoms with Gasteiger partial charge in [-0.05, 0) is 36.1 Å². The van der Waals surface area contributed by atoms with E-state index in [9.17, 15) is 14.0 Å². The molecule has 0 saturated heterocycles. The lowest BCUT2D eigenvalue weighted by atomic mass is 10.1. The van der Waals surface area contributed by atoms with E-state index in [1.165, 1.54) is 40.2 Å². The SMILES string of the molecule is O=C(Cn1cc(NC(=O)c2ccccc2F)cn1)NC1Cc2ccccc2C1. The fourth-order valence-electron chi connectivity index (χ4n) is 3.44. The summed E-state index contributed by atoms with van der Waals surface area (Å²) in [4.78, 5) is 24.4. The monoisotopic (exact) mass is 378 g/mol. The van der Waals surface area contributed by atoms with E-state index in [-0.39, 0.29) is 24.1 Å². The normalized spacial score (nSPS) is 13.2. The molecule has 4 rings (SSSR count). The summed E-state index contributed by atoms with van der Waals surface area (Å²) in [6.07, 6.45) is 4.62. The summed E-state index contributed by atoms with van der Waals surface area (Å²) in [6.45, 7) is 0.0441. The van der Waals surface area contributed by atoms with Gasteiger partial charge in [0.1, 0.15) is 12.4 Å². The molecule has 0 atom stereocenters. The zero-order valence-electron chi connectivity index (χ0n) is 15.1. The molecule has 6 nitrogen and oxygen atoms in total. The van der Waals surface area contributed by atoms with Crippen LogP contribution in [0.1, 0.15) is 21.5 Å². The van der Waals surface area contributed by atoms with Crippen molar-refractivity contribution < 1.29 is 14.0 Å². The summed E-state index contributed by atoms with van der Waals surface area (Å²) in [7, 11) is 0. The van der Waals surface area contributed by atoms with Crippen LogP contribution in [-0.2, 0) is 24.2 Å². The maximum Gasteiger partial charge on any atom is 0.258 e. The number of anilines is 1. The number of amides is 2. The molecule has 2 N–H and O–H groups in total. The van der Waals surface area contributed by atoms with Crippen LogP contribution in [0.25, 0.3) is 0 Å². The number of rotatable bonds is 5. The van der Waals surface area contributed by atoms with E-state index in [0.29, 0.717) is 5.69 Å². The third-order valence-corrected chi connectivity index (χ3v) is 4.73. The second-order valence-electron chi connectivity index (χ2n) is 6.80. The minimum atomic E-state index is -0.593. The van der Waals surface area contributed by atoms with Crippen molar-refractivity contribution in [1.29, 1.82) is 0 Å². The van der Waals surface area contributed by atoms with Gasteiger partial charge in [-0.25, -0.2) is 4.39 Å². The van der Waals surface area contributed by atoms with Crippen LogP contribution in [-0.4, -0.2) is 27.6 Å². The molecule has 0 aliphatic heterocycles. The van der Waals surface area contributed by atoms with Gasteiger partial charge in [0.05, 0.1) is 17.4 Å². The largest absolute Gasteiger partial charge is 0.351 e. The Bertz CT molecular complexity index is 1010. The lowest BCUT2D eigenvalue weighted by Gasteiger charge is -2.12. The molecule has 3 aromatic rings. The first-order valence-electron chi connectivity index (χ1n) is 9.03. The van der Waals surface area contributed by atoms with Gasteiger partial charge in [-0.15, -0.1) is 0 Å². The predicted molar refractivity (Wildman–Crippen MR) is 102 cm³/mol. The van der Waals surface area contributed by atoms with E-state index in [1.54, 1.807) is 12.3 Å². The highest BCUT2D eigenvalue weighted by Gasteiger charge is 2.22. The molecule has 142 valence electrons. The molecule has 0 bridgehead atoms. The highest BCUT2D eigenvalue weighted by atomic mass is 19.1. The minimum absolute atomic E-state index is 0.0441. The van der Waals surface area contributed by atoms with E-state index >= 15 is 0 Å². The van der Waals surface area contributed by atoms with Crippen LogP contribution in [0.4, 0.5) is 10.1 Å². The first-order valence-corrected chi connectivity index (χ1v) is 9.03. The summed E-state index contributed by atoms with van der Waals surface area (Å²) in [5.74, 6) is -1.30. The van der Waals surface area contributed by atoms with Crippen molar-refractivity contribution >= 4 is 17.5 Å². The highest BCUT2D eigenvalue weighted by Crippen LogP contribution is 2.21.